The molecule has 130 valence electrons. The van der Waals surface area contributed by atoms with Crippen LogP contribution in [0.25, 0.3) is 0 Å². The molecule has 2 aromatic carbocycles. The van der Waals surface area contributed by atoms with Crippen LogP contribution in [0.15, 0.2) is 58.3 Å². The van der Waals surface area contributed by atoms with Crippen molar-refractivity contribution in [3.8, 4) is 0 Å². The molecule has 0 aromatic heterocycles. The zero-order valence-electron chi connectivity index (χ0n) is 13.0. The molecule has 0 saturated carbocycles. The average molecular weight is 372 g/mol. The number of nitrogens with zero attached hydrogens (tertiary/aromatic N) is 1. The van der Waals surface area contributed by atoms with Gasteiger partial charge in [-0.15, -0.1) is 0 Å². The maximum absolute atomic E-state index is 13.0. The third-order valence-electron chi connectivity index (χ3n) is 3.73. The molecular formula is C15H17FN2O4S2. The first-order valence-electron chi connectivity index (χ1n) is 6.90. The summed E-state index contributed by atoms with van der Waals surface area (Å²) < 4.78 is 61.8. The van der Waals surface area contributed by atoms with E-state index in [9.17, 15) is 21.2 Å². The van der Waals surface area contributed by atoms with Gasteiger partial charge >= 0.3 is 0 Å². The lowest BCUT2D eigenvalue weighted by atomic mass is 10.1. The van der Waals surface area contributed by atoms with Crippen molar-refractivity contribution >= 4 is 20.0 Å². The van der Waals surface area contributed by atoms with Crippen molar-refractivity contribution in [2.24, 2.45) is 5.14 Å². The Hall–Kier alpha value is -1.81. The van der Waals surface area contributed by atoms with Gasteiger partial charge in [0.15, 0.2) is 0 Å². The van der Waals surface area contributed by atoms with Crippen molar-refractivity contribution in [3.63, 3.8) is 0 Å². The molecular weight excluding hydrogens is 355 g/mol. The molecule has 0 fully saturated rings. The van der Waals surface area contributed by atoms with Crippen molar-refractivity contribution in [1.82, 2.24) is 4.31 Å². The van der Waals surface area contributed by atoms with Gasteiger partial charge in [-0.25, -0.2) is 26.4 Å². The summed E-state index contributed by atoms with van der Waals surface area (Å²) in [6.07, 6.45) is 0. The van der Waals surface area contributed by atoms with Crippen LogP contribution in [-0.4, -0.2) is 28.2 Å². The molecule has 1 atom stereocenters. The molecule has 9 heteroatoms. The lowest BCUT2D eigenvalue weighted by Crippen LogP contribution is -2.29. The maximum Gasteiger partial charge on any atom is 0.243 e. The Bertz CT molecular complexity index is 924. The molecule has 2 rings (SSSR count). The highest BCUT2D eigenvalue weighted by Gasteiger charge is 2.26. The molecule has 0 heterocycles. The number of primary sulfonamides is 1. The fourth-order valence-electron chi connectivity index (χ4n) is 2.13. The van der Waals surface area contributed by atoms with Gasteiger partial charge in [-0.3, -0.25) is 0 Å². The van der Waals surface area contributed by atoms with Crippen LogP contribution in [0.4, 0.5) is 4.39 Å². The van der Waals surface area contributed by atoms with Gasteiger partial charge in [0.2, 0.25) is 20.0 Å². The van der Waals surface area contributed by atoms with Gasteiger partial charge in [0.05, 0.1) is 9.79 Å². The van der Waals surface area contributed by atoms with Gasteiger partial charge in [-0.2, -0.15) is 4.31 Å². The molecule has 0 aliphatic heterocycles. The molecule has 0 saturated heterocycles. The van der Waals surface area contributed by atoms with E-state index >= 15 is 0 Å². The molecule has 2 aromatic rings. The zero-order chi connectivity index (χ0) is 18.1. The monoisotopic (exact) mass is 372 g/mol. The summed E-state index contributed by atoms with van der Waals surface area (Å²) in [5, 5.41) is 5.04. The smallest absolute Gasteiger partial charge is 0.225 e. The van der Waals surface area contributed by atoms with Gasteiger partial charge in [0, 0.05) is 13.1 Å². The van der Waals surface area contributed by atoms with Gasteiger partial charge < -0.3 is 0 Å². The Labute approximate surface area is 140 Å². The van der Waals surface area contributed by atoms with E-state index in [1.54, 1.807) is 6.92 Å². The predicted molar refractivity (Wildman–Crippen MR) is 87.6 cm³/mol. The van der Waals surface area contributed by atoms with E-state index in [0.29, 0.717) is 5.56 Å². The minimum absolute atomic E-state index is 0.0283. The summed E-state index contributed by atoms with van der Waals surface area (Å²) in [5.41, 5.74) is 0.593. The van der Waals surface area contributed by atoms with Gasteiger partial charge in [0.25, 0.3) is 0 Å². The largest absolute Gasteiger partial charge is 0.243 e. The molecule has 0 aliphatic rings. The summed E-state index contributed by atoms with van der Waals surface area (Å²) in [6.45, 7) is 1.66. The minimum Gasteiger partial charge on any atom is -0.225 e. The fraction of sp³-hybridized carbons (Fsp3) is 0.200. The second-order valence-corrected chi connectivity index (χ2v) is 8.82. The van der Waals surface area contributed by atoms with E-state index in [4.69, 9.17) is 5.14 Å². The minimum atomic E-state index is -3.82. The first kappa shape index (κ1) is 18.5. The van der Waals surface area contributed by atoms with Crippen molar-refractivity contribution in [2.45, 2.75) is 22.8 Å². The van der Waals surface area contributed by atoms with Crippen LogP contribution in [-0.2, 0) is 20.0 Å². The molecule has 2 N–H and O–H groups in total. The number of hydrogen-bond donors (Lipinski definition) is 1. The highest BCUT2D eigenvalue weighted by molar-refractivity contribution is 7.89. The van der Waals surface area contributed by atoms with E-state index in [1.165, 1.54) is 43.4 Å². The van der Waals surface area contributed by atoms with Gasteiger partial charge in [-0.05, 0) is 48.9 Å². The number of sulfonamides is 2. The fourth-order valence-corrected chi connectivity index (χ4v) is 3.99. The quantitative estimate of drug-likeness (QED) is 0.866. The topological polar surface area (TPSA) is 97.5 Å². The molecule has 24 heavy (non-hydrogen) atoms. The van der Waals surface area contributed by atoms with Crippen molar-refractivity contribution in [3.05, 3.63) is 59.9 Å². The normalized spacial score (nSPS) is 13.9. The second-order valence-electron chi connectivity index (χ2n) is 5.27. The van der Waals surface area contributed by atoms with Crippen LogP contribution in [0.3, 0.4) is 0 Å². The summed E-state index contributed by atoms with van der Waals surface area (Å²) in [5.74, 6) is -0.525. The zero-order valence-corrected chi connectivity index (χ0v) is 14.7. The van der Waals surface area contributed by atoms with E-state index < -0.39 is 31.9 Å². The summed E-state index contributed by atoms with van der Waals surface area (Å²) >= 11 is 0. The first-order valence-corrected chi connectivity index (χ1v) is 9.88. The highest BCUT2D eigenvalue weighted by Crippen LogP contribution is 2.26. The molecule has 1 unspecified atom stereocenters. The number of halogens is 1. The summed E-state index contributed by atoms with van der Waals surface area (Å²) in [4.78, 5) is -0.0816. The lowest BCUT2D eigenvalue weighted by Gasteiger charge is -2.24. The van der Waals surface area contributed by atoms with Crippen molar-refractivity contribution in [2.75, 3.05) is 7.05 Å². The third-order valence-corrected chi connectivity index (χ3v) is 6.60. The van der Waals surface area contributed by atoms with E-state index in [1.807, 2.05) is 0 Å². The Morgan fingerprint density at radius 2 is 1.38 bits per heavy atom. The highest BCUT2D eigenvalue weighted by atomic mass is 32.2. The Morgan fingerprint density at radius 1 is 0.917 bits per heavy atom. The third kappa shape index (κ3) is 3.81. The average Bonchev–Trinajstić information content (AvgIpc) is 2.53. The van der Waals surface area contributed by atoms with E-state index in [2.05, 4.69) is 0 Å². The van der Waals surface area contributed by atoms with Crippen molar-refractivity contribution in [1.29, 1.82) is 0 Å². The second kappa shape index (κ2) is 6.60. The van der Waals surface area contributed by atoms with Gasteiger partial charge in [0.1, 0.15) is 5.82 Å². The van der Waals surface area contributed by atoms with Crippen LogP contribution in [0.2, 0.25) is 0 Å². The summed E-state index contributed by atoms with van der Waals surface area (Å²) in [7, 11) is -6.23. The first-order chi connectivity index (χ1) is 11.0. The van der Waals surface area contributed by atoms with E-state index in [-0.39, 0.29) is 9.79 Å². The predicted octanol–water partition coefficient (Wildman–Crippen LogP) is 1.85. The molecule has 0 amide bonds. The standard InChI is InChI=1S/C15H17FN2O4S2/c1-11(12-3-7-14(8-4-12)23(17,19)20)18(2)24(21,22)15-9-5-13(16)6-10-15/h3-11H,1-2H3,(H2,17,19,20). The van der Waals surface area contributed by atoms with Crippen LogP contribution in [0.1, 0.15) is 18.5 Å². The van der Waals surface area contributed by atoms with Crippen LogP contribution >= 0.6 is 0 Å². The molecule has 0 radical (unpaired) electrons. The lowest BCUT2D eigenvalue weighted by molar-refractivity contribution is 0.398. The molecule has 0 bridgehead atoms. The Morgan fingerprint density at radius 3 is 1.83 bits per heavy atom. The SMILES string of the molecule is CC(c1ccc(S(N)(=O)=O)cc1)N(C)S(=O)(=O)c1ccc(F)cc1. The Kier molecular flexibility index (Phi) is 5.09. The Balaban J connectivity index is 2.31. The number of benzene rings is 2. The number of hydrogen-bond acceptors (Lipinski definition) is 4. The van der Waals surface area contributed by atoms with Gasteiger partial charge in [-0.1, -0.05) is 12.1 Å². The molecule has 0 aliphatic carbocycles. The molecule has 6 nitrogen and oxygen atoms in total. The molecule has 0 spiro atoms. The van der Waals surface area contributed by atoms with Crippen LogP contribution in [0.5, 0.6) is 0 Å². The maximum atomic E-state index is 13.0. The summed E-state index contributed by atoms with van der Waals surface area (Å²) in [6, 6.07) is 9.62. The van der Waals surface area contributed by atoms with Crippen LogP contribution in [0, 0.1) is 5.82 Å². The number of rotatable bonds is 5. The van der Waals surface area contributed by atoms with E-state index in [0.717, 1.165) is 16.4 Å². The van der Waals surface area contributed by atoms with Crippen LogP contribution < -0.4 is 5.14 Å². The number of nitrogens with two attached hydrogens (primary N) is 1. The van der Waals surface area contributed by atoms with Crippen molar-refractivity contribution < 1.29 is 21.2 Å².